The number of aryl methyl sites for hydroxylation is 2. The molecular weight excluding hydrogens is 424 g/mol. The third-order valence-corrected chi connectivity index (χ3v) is 5.81. The fourth-order valence-electron chi connectivity index (χ4n) is 3.51. The number of ether oxygens (including phenoxy) is 2. The number of phenolic OH excluding ortho intramolecular Hbond substituents is 1. The second-order valence-electron chi connectivity index (χ2n) is 8.59. The molecule has 0 fully saturated rings. The number of esters is 1. The number of methoxy groups -OCH3 is 1. The molecule has 0 aliphatic heterocycles. The summed E-state index contributed by atoms with van der Waals surface area (Å²) in [5.41, 5.74) is 8.41. The van der Waals surface area contributed by atoms with Crippen molar-refractivity contribution in [1.82, 2.24) is 0 Å². The van der Waals surface area contributed by atoms with E-state index in [4.69, 9.17) is 9.47 Å². The lowest BCUT2D eigenvalue weighted by Crippen LogP contribution is -2.05. The molecule has 0 spiro atoms. The summed E-state index contributed by atoms with van der Waals surface area (Å²) in [5.74, 6) is 0.796. The average Bonchev–Trinajstić information content (AvgIpc) is 2.78. The molecule has 0 aromatic heterocycles. The van der Waals surface area contributed by atoms with Crippen molar-refractivity contribution in [2.45, 2.75) is 48.0 Å². The number of aromatic hydroxyl groups is 1. The van der Waals surface area contributed by atoms with Crippen molar-refractivity contribution in [1.29, 1.82) is 0 Å². The number of carbonyl (C=O) groups excluding carboxylic acids is 1. The van der Waals surface area contributed by atoms with Crippen molar-refractivity contribution in [3.8, 4) is 11.5 Å². The monoisotopic (exact) mass is 460 g/mol. The summed E-state index contributed by atoms with van der Waals surface area (Å²) in [6.07, 6.45) is 12.1. The van der Waals surface area contributed by atoms with E-state index in [-0.39, 0.29) is 18.3 Å². The Labute approximate surface area is 203 Å². The standard InChI is InChI=1S/C30H36O4/c1-20(11-14-27-23(4)18-29(33-7)25(6)24(27)5)9-8-10-21(2)17-30(32)34-16-15-26-13-12-22(3)28(31)19-26/h8-14,17-19,31H,15-16H2,1-7H3/b10-8+,14-11+,20-9+,21-17+. The molecule has 180 valence electrons. The van der Waals surface area contributed by atoms with Gasteiger partial charge in [-0.2, -0.15) is 0 Å². The van der Waals surface area contributed by atoms with E-state index in [9.17, 15) is 9.90 Å². The Bertz CT molecular complexity index is 1150. The topological polar surface area (TPSA) is 55.8 Å². The molecule has 4 heteroatoms. The first-order valence-electron chi connectivity index (χ1n) is 11.4. The van der Waals surface area contributed by atoms with Crippen LogP contribution in [-0.2, 0) is 16.0 Å². The van der Waals surface area contributed by atoms with Crippen LogP contribution in [0.2, 0.25) is 0 Å². The van der Waals surface area contributed by atoms with Gasteiger partial charge < -0.3 is 14.6 Å². The molecule has 0 saturated heterocycles. The van der Waals surface area contributed by atoms with Crippen LogP contribution >= 0.6 is 0 Å². The number of hydrogen-bond donors (Lipinski definition) is 1. The first kappa shape index (κ1) is 26.7. The Balaban J connectivity index is 1.91. The normalized spacial score (nSPS) is 12.6. The van der Waals surface area contributed by atoms with Crippen molar-refractivity contribution in [2.75, 3.05) is 13.7 Å². The largest absolute Gasteiger partial charge is 0.508 e. The van der Waals surface area contributed by atoms with Crippen molar-refractivity contribution in [3.63, 3.8) is 0 Å². The molecule has 2 rings (SSSR count). The molecular formula is C30H36O4. The number of hydrogen-bond acceptors (Lipinski definition) is 4. The number of carbonyl (C=O) groups is 1. The van der Waals surface area contributed by atoms with E-state index in [0.29, 0.717) is 6.42 Å². The molecule has 1 N–H and O–H groups in total. The Morgan fingerprint density at radius 1 is 0.971 bits per heavy atom. The van der Waals surface area contributed by atoms with Gasteiger partial charge in [0.1, 0.15) is 11.5 Å². The summed E-state index contributed by atoms with van der Waals surface area (Å²) >= 11 is 0. The molecule has 2 aromatic rings. The number of rotatable bonds is 9. The van der Waals surface area contributed by atoms with Crippen LogP contribution in [0.15, 0.2) is 65.8 Å². The second kappa shape index (κ2) is 12.6. The highest BCUT2D eigenvalue weighted by Crippen LogP contribution is 2.28. The van der Waals surface area contributed by atoms with Gasteiger partial charge in [0, 0.05) is 12.5 Å². The lowest BCUT2D eigenvalue weighted by molar-refractivity contribution is -0.137. The predicted octanol–water partition coefficient (Wildman–Crippen LogP) is 6.88. The molecule has 0 atom stereocenters. The van der Waals surface area contributed by atoms with Crippen LogP contribution in [-0.4, -0.2) is 24.8 Å². The first-order valence-corrected chi connectivity index (χ1v) is 11.4. The fourth-order valence-corrected chi connectivity index (χ4v) is 3.51. The van der Waals surface area contributed by atoms with Gasteiger partial charge in [-0.3, -0.25) is 0 Å². The highest BCUT2D eigenvalue weighted by molar-refractivity contribution is 5.83. The van der Waals surface area contributed by atoms with Crippen molar-refractivity contribution in [2.24, 2.45) is 0 Å². The van der Waals surface area contributed by atoms with Gasteiger partial charge >= 0.3 is 5.97 Å². The molecule has 0 aliphatic rings. The second-order valence-corrected chi connectivity index (χ2v) is 8.59. The maximum absolute atomic E-state index is 12.0. The summed E-state index contributed by atoms with van der Waals surface area (Å²) in [6.45, 7) is 12.3. The third kappa shape index (κ3) is 7.80. The molecule has 0 saturated carbocycles. The van der Waals surface area contributed by atoms with Crippen LogP contribution in [0.1, 0.15) is 47.2 Å². The van der Waals surface area contributed by atoms with Gasteiger partial charge in [0.2, 0.25) is 0 Å². The molecule has 2 aromatic carbocycles. The van der Waals surface area contributed by atoms with Gasteiger partial charge in [-0.1, -0.05) is 48.1 Å². The van der Waals surface area contributed by atoms with Gasteiger partial charge in [0.15, 0.2) is 0 Å². The lowest BCUT2D eigenvalue weighted by atomic mass is 9.96. The van der Waals surface area contributed by atoms with Gasteiger partial charge in [0.05, 0.1) is 13.7 Å². The van der Waals surface area contributed by atoms with Crippen LogP contribution in [0.25, 0.3) is 6.08 Å². The average molecular weight is 461 g/mol. The minimum Gasteiger partial charge on any atom is -0.508 e. The molecule has 0 radical (unpaired) electrons. The van der Waals surface area contributed by atoms with Crippen molar-refractivity contribution in [3.05, 3.63) is 99.2 Å². The van der Waals surface area contributed by atoms with Gasteiger partial charge in [0.25, 0.3) is 0 Å². The van der Waals surface area contributed by atoms with E-state index in [1.54, 1.807) is 13.2 Å². The summed E-state index contributed by atoms with van der Waals surface area (Å²) < 4.78 is 10.7. The molecule has 0 bridgehead atoms. The molecule has 0 unspecified atom stereocenters. The minimum absolute atomic E-state index is 0.257. The first-order chi connectivity index (χ1) is 16.1. The van der Waals surface area contributed by atoms with E-state index in [1.165, 1.54) is 22.8 Å². The van der Waals surface area contributed by atoms with E-state index >= 15 is 0 Å². The van der Waals surface area contributed by atoms with Gasteiger partial charge in [-0.25, -0.2) is 4.79 Å². The molecule has 0 heterocycles. The Morgan fingerprint density at radius 2 is 1.71 bits per heavy atom. The van der Waals surface area contributed by atoms with Crippen LogP contribution in [0.5, 0.6) is 11.5 Å². The Morgan fingerprint density at radius 3 is 2.38 bits per heavy atom. The van der Waals surface area contributed by atoms with Gasteiger partial charge in [-0.15, -0.1) is 0 Å². The summed E-state index contributed by atoms with van der Waals surface area (Å²) in [7, 11) is 1.70. The molecule has 0 aliphatic carbocycles. The highest BCUT2D eigenvalue weighted by atomic mass is 16.5. The SMILES string of the molecule is COc1cc(C)c(/C=C/C(C)=C/C=C/C(C)=C/C(=O)OCCc2ccc(C)c(O)c2)c(C)c1C. The quantitative estimate of drug-likeness (QED) is 0.252. The van der Waals surface area contributed by atoms with Gasteiger partial charge in [-0.05, 0) is 92.6 Å². The maximum Gasteiger partial charge on any atom is 0.331 e. The van der Waals surface area contributed by atoms with Crippen LogP contribution in [0, 0.1) is 27.7 Å². The number of allylic oxidation sites excluding steroid dienone is 6. The smallest absolute Gasteiger partial charge is 0.331 e. The van der Waals surface area contributed by atoms with Crippen molar-refractivity contribution < 1.29 is 19.4 Å². The van der Waals surface area contributed by atoms with Crippen LogP contribution in [0.3, 0.4) is 0 Å². The molecule has 4 nitrogen and oxygen atoms in total. The Kier molecular flexibility index (Phi) is 9.93. The minimum atomic E-state index is -0.375. The van der Waals surface area contributed by atoms with Crippen LogP contribution in [0.4, 0.5) is 0 Å². The number of phenols is 1. The van der Waals surface area contributed by atoms with E-state index in [0.717, 1.165) is 33.6 Å². The Hall–Kier alpha value is -3.53. The zero-order chi connectivity index (χ0) is 25.3. The highest BCUT2D eigenvalue weighted by Gasteiger charge is 2.08. The maximum atomic E-state index is 12.0. The van der Waals surface area contributed by atoms with Crippen molar-refractivity contribution >= 4 is 12.0 Å². The molecule has 0 amide bonds. The van der Waals surface area contributed by atoms with E-state index in [2.05, 4.69) is 39.0 Å². The molecule has 34 heavy (non-hydrogen) atoms. The number of benzene rings is 2. The zero-order valence-electron chi connectivity index (χ0n) is 21.4. The lowest BCUT2D eigenvalue weighted by Gasteiger charge is -2.13. The summed E-state index contributed by atoms with van der Waals surface area (Å²) in [4.78, 5) is 12.0. The van der Waals surface area contributed by atoms with E-state index in [1.807, 2.05) is 51.1 Å². The zero-order valence-corrected chi connectivity index (χ0v) is 21.4. The third-order valence-electron chi connectivity index (χ3n) is 5.81. The predicted molar refractivity (Wildman–Crippen MR) is 140 cm³/mol. The van der Waals surface area contributed by atoms with Crippen LogP contribution < -0.4 is 4.74 Å². The summed E-state index contributed by atoms with van der Waals surface area (Å²) in [6, 6.07) is 7.55. The fraction of sp³-hybridized carbons (Fsp3) is 0.300. The summed E-state index contributed by atoms with van der Waals surface area (Å²) in [5, 5.41) is 9.76. The van der Waals surface area contributed by atoms with E-state index < -0.39 is 0 Å².